The van der Waals surface area contributed by atoms with Gasteiger partial charge in [-0.05, 0) is 54.9 Å². The number of ether oxygens (including phenoxy) is 1. The first kappa shape index (κ1) is 19.5. The number of hydrogen-bond acceptors (Lipinski definition) is 6. The summed E-state index contributed by atoms with van der Waals surface area (Å²) in [5.74, 6) is 3.08. The van der Waals surface area contributed by atoms with Gasteiger partial charge in [0, 0.05) is 57.1 Å². The van der Waals surface area contributed by atoms with Gasteiger partial charge in [0.1, 0.15) is 5.82 Å². The maximum absolute atomic E-state index is 11.1. The highest BCUT2D eigenvalue weighted by atomic mass is 16.5. The van der Waals surface area contributed by atoms with Crippen molar-refractivity contribution in [3.05, 3.63) is 36.4 Å². The van der Waals surface area contributed by atoms with E-state index in [0.29, 0.717) is 6.04 Å². The molecule has 30 heavy (non-hydrogen) atoms. The minimum absolute atomic E-state index is 0.0745. The number of carbonyl (C=O) groups excluding carboxylic acids is 1. The smallest absolute Gasteiger partial charge is 0.221 e. The number of carbonyl (C=O) groups is 1. The topological polar surface area (TPSA) is 79.4 Å². The van der Waals surface area contributed by atoms with E-state index in [1.807, 2.05) is 36.4 Å². The number of nitrogens with one attached hydrogen (secondary N) is 2. The SMILES string of the molecule is CC(=O)Nc1ccc(-c2ccc(N[C@@H]3[C@@H]4CN(CC5CCOCC5)C[C@@H]43)nn2)cc1. The summed E-state index contributed by atoms with van der Waals surface area (Å²) in [5.41, 5.74) is 2.59. The maximum atomic E-state index is 11.1. The molecule has 2 N–H and O–H groups in total. The third-order valence-corrected chi connectivity index (χ3v) is 6.61. The molecule has 2 aromatic rings. The van der Waals surface area contributed by atoms with Crippen molar-refractivity contribution in [1.82, 2.24) is 15.1 Å². The van der Waals surface area contributed by atoms with Crippen LogP contribution in [-0.2, 0) is 9.53 Å². The molecule has 1 aromatic carbocycles. The van der Waals surface area contributed by atoms with Gasteiger partial charge >= 0.3 is 0 Å². The van der Waals surface area contributed by atoms with Gasteiger partial charge in [-0.15, -0.1) is 10.2 Å². The third-order valence-electron chi connectivity index (χ3n) is 6.61. The second kappa shape index (κ2) is 8.32. The summed E-state index contributed by atoms with van der Waals surface area (Å²) in [7, 11) is 0. The van der Waals surface area contributed by atoms with Crippen LogP contribution in [-0.4, -0.2) is 59.9 Å². The van der Waals surface area contributed by atoms with Gasteiger partial charge in [-0.2, -0.15) is 0 Å². The monoisotopic (exact) mass is 407 g/mol. The van der Waals surface area contributed by atoms with E-state index in [4.69, 9.17) is 4.74 Å². The van der Waals surface area contributed by atoms with Gasteiger partial charge in [0.2, 0.25) is 5.91 Å². The van der Waals surface area contributed by atoms with E-state index in [0.717, 1.165) is 53.7 Å². The number of fused-ring (bicyclic) bond motifs is 1. The summed E-state index contributed by atoms with van der Waals surface area (Å²) in [6, 6.07) is 12.2. The second-order valence-corrected chi connectivity index (χ2v) is 8.83. The summed E-state index contributed by atoms with van der Waals surface area (Å²) < 4.78 is 5.48. The quantitative estimate of drug-likeness (QED) is 0.767. The first-order chi connectivity index (χ1) is 14.7. The van der Waals surface area contributed by atoms with Crippen LogP contribution in [0.2, 0.25) is 0 Å². The lowest BCUT2D eigenvalue weighted by Gasteiger charge is -2.28. The predicted molar refractivity (Wildman–Crippen MR) is 116 cm³/mol. The summed E-state index contributed by atoms with van der Waals surface area (Å²) in [4.78, 5) is 13.8. The van der Waals surface area contributed by atoms with E-state index < -0.39 is 0 Å². The Morgan fingerprint density at radius 3 is 2.43 bits per heavy atom. The van der Waals surface area contributed by atoms with Crippen molar-refractivity contribution < 1.29 is 9.53 Å². The van der Waals surface area contributed by atoms with Gasteiger partial charge in [0.05, 0.1) is 5.69 Å². The standard InChI is InChI=1S/C23H29N5O2/c1-15(29)24-18-4-2-17(3-5-18)21-6-7-22(27-26-21)25-23-19-13-28(14-20(19)23)12-16-8-10-30-11-9-16/h2-7,16,19-20,23H,8-14H2,1H3,(H,24,29)(H,25,27)/t19-,20+,23-. The Bertz CT molecular complexity index is 867. The summed E-state index contributed by atoms with van der Waals surface area (Å²) >= 11 is 0. The van der Waals surface area contributed by atoms with Crippen molar-refractivity contribution in [3.8, 4) is 11.3 Å². The molecule has 1 amide bonds. The van der Waals surface area contributed by atoms with Gasteiger partial charge < -0.3 is 20.3 Å². The molecule has 3 atom stereocenters. The Hall–Kier alpha value is -2.51. The number of hydrogen-bond donors (Lipinski definition) is 2. The highest BCUT2D eigenvalue weighted by molar-refractivity contribution is 5.88. The normalized spacial score (nSPS) is 26.2. The molecule has 1 aromatic heterocycles. The van der Waals surface area contributed by atoms with Gasteiger partial charge in [0.15, 0.2) is 0 Å². The zero-order valence-corrected chi connectivity index (χ0v) is 17.4. The molecular weight excluding hydrogens is 378 g/mol. The first-order valence-electron chi connectivity index (χ1n) is 10.9. The van der Waals surface area contributed by atoms with Crippen LogP contribution in [0.5, 0.6) is 0 Å². The number of amides is 1. The molecule has 0 unspecified atom stereocenters. The van der Waals surface area contributed by atoms with Crippen molar-refractivity contribution in [1.29, 1.82) is 0 Å². The van der Waals surface area contributed by atoms with Crippen molar-refractivity contribution in [2.24, 2.45) is 17.8 Å². The molecule has 0 spiro atoms. The second-order valence-electron chi connectivity index (χ2n) is 8.83. The third kappa shape index (κ3) is 4.32. The largest absolute Gasteiger partial charge is 0.381 e. The van der Waals surface area contributed by atoms with Crippen LogP contribution >= 0.6 is 0 Å². The van der Waals surface area contributed by atoms with E-state index in [2.05, 4.69) is 25.7 Å². The zero-order chi connectivity index (χ0) is 20.5. The molecule has 1 aliphatic carbocycles. The van der Waals surface area contributed by atoms with Crippen LogP contribution in [0.25, 0.3) is 11.3 Å². The number of piperidine rings is 1. The number of anilines is 2. The van der Waals surface area contributed by atoms with E-state index in [1.54, 1.807) is 0 Å². The van der Waals surface area contributed by atoms with Gasteiger partial charge in [-0.25, -0.2) is 0 Å². The molecule has 2 aliphatic heterocycles. The molecule has 3 heterocycles. The fourth-order valence-electron chi connectivity index (χ4n) is 4.93. The molecule has 1 saturated carbocycles. The van der Waals surface area contributed by atoms with Crippen molar-refractivity contribution in [2.75, 3.05) is 43.5 Å². The molecule has 0 bridgehead atoms. The Kier molecular flexibility index (Phi) is 5.39. The fraction of sp³-hybridized carbons (Fsp3) is 0.522. The average Bonchev–Trinajstić information content (AvgIpc) is 3.19. The number of aromatic nitrogens is 2. The van der Waals surface area contributed by atoms with Crippen LogP contribution < -0.4 is 10.6 Å². The van der Waals surface area contributed by atoms with Gasteiger partial charge in [-0.1, -0.05) is 12.1 Å². The summed E-state index contributed by atoms with van der Waals surface area (Å²) in [6.45, 7) is 7.01. The van der Waals surface area contributed by atoms with Gasteiger partial charge in [-0.3, -0.25) is 4.79 Å². The van der Waals surface area contributed by atoms with Crippen molar-refractivity contribution in [3.63, 3.8) is 0 Å². The number of nitrogens with zero attached hydrogens (tertiary/aromatic N) is 3. The van der Waals surface area contributed by atoms with Crippen LogP contribution in [0.15, 0.2) is 36.4 Å². The maximum Gasteiger partial charge on any atom is 0.221 e. The van der Waals surface area contributed by atoms with Crippen molar-refractivity contribution >= 4 is 17.4 Å². The average molecular weight is 408 g/mol. The summed E-state index contributed by atoms with van der Waals surface area (Å²) in [6.07, 6.45) is 2.43. The molecular formula is C23H29N5O2. The highest BCUT2D eigenvalue weighted by Crippen LogP contribution is 2.47. The zero-order valence-electron chi connectivity index (χ0n) is 17.4. The van der Waals surface area contributed by atoms with Crippen LogP contribution in [0.4, 0.5) is 11.5 Å². The molecule has 158 valence electrons. The lowest BCUT2D eigenvalue weighted by atomic mass is 10.00. The molecule has 7 nitrogen and oxygen atoms in total. The molecule has 3 aliphatic rings. The Labute approximate surface area is 177 Å². The Morgan fingerprint density at radius 2 is 1.80 bits per heavy atom. The number of likely N-dealkylation sites (tertiary alicyclic amines) is 1. The first-order valence-corrected chi connectivity index (χ1v) is 10.9. The lowest BCUT2D eigenvalue weighted by molar-refractivity contribution is -0.114. The van der Waals surface area contributed by atoms with E-state index in [-0.39, 0.29) is 5.91 Å². The molecule has 3 fully saturated rings. The van der Waals surface area contributed by atoms with Crippen LogP contribution in [0, 0.1) is 17.8 Å². The lowest BCUT2D eigenvalue weighted by Crippen LogP contribution is -2.34. The van der Waals surface area contributed by atoms with E-state index >= 15 is 0 Å². The fourth-order valence-corrected chi connectivity index (χ4v) is 4.93. The molecule has 0 radical (unpaired) electrons. The van der Waals surface area contributed by atoms with Crippen LogP contribution in [0.1, 0.15) is 19.8 Å². The molecule has 7 heteroatoms. The number of rotatable bonds is 6. The summed E-state index contributed by atoms with van der Waals surface area (Å²) in [5, 5.41) is 15.1. The number of benzene rings is 1. The highest BCUT2D eigenvalue weighted by Gasteiger charge is 2.55. The predicted octanol–water partition coefficient (Wildman–Crippen LogP) is 2.87. The van der Waals surface area contributed by atoms with Gasteiger partial charge in [0.25, 0.3) is 0 Å². The minimum atomic E-state index is -0.0745. The molecule has 5 rings (SSSR count). The van der Waals surface area contributed by atoms with E-state index in [1.165, 1.54) is 39.4 Å². The molecule has 2 saturated heterocycles. The Balaban J connectivity index is 1.11. The Morgan fingerprint density at radius 1 is 1.07 bits per heavy atom. The van der Waals surface area contributed by atoms with E-state index in [9.17, 15) is 4.79 Å². The van der Waals surface area contributed by atoms with Crippen molar-refractivity contribution in [2.45, 2.75) is 25.8 Å². The van der Waals surface area contributed by atoms with Crippen LogP contribution in [0.3, 0.4) is 0 Å². The minimum Gasteiger partial charge on any atom is -0.381 e.